The molecule has 0 aliphatic carbocycles. The number of aromatic amines is 1. The van der Waals surface area contributed by atoms with Gasteiger partial charge >= 0.3 is 0 Å². The van der Waals surface area contributed by atoms with Crippen LogP contribution in [-0.2, 0) is 14.8 Å². The number of aromatic hydroxyl groups is 1. The number of fused-ring (bicyclic) bond motifs is 1. The van der Waals surface area contributed by atoms with Crippen LogP contribution in [0.3, 0.4) is 0 Å². The number of rotatable bonds is 5. The van der Waals surface area contributed by atoms with Crippen LogP contribution in [0.4, 0.5) is 5.69 Å². The standard InChI is InChI=1S/C17H16N4O4S/c1-11-6-8-12(9-7-11)26(24,25)18-10-15(22)20-21-16-13-4-2-3-5-14(13)19-17(16)23/h2-9,18-19,23H,10H2,1H3. The molecule has 134 valence electrons. The van der Waals surface area contributed by atoms with Crippen LogP contribution in [0.15, 0.2) is 63.7 Å². The first kappa shape index (κ1) is 17.8. The first-order chi connectivity index (χ1) is 12.4. The molecule has 0 saturated carbocycles. The number of hydrogen-bond acceptors (Lipinski definition) is 5. The molecule has 1 heterocycles. The molecule has 0 aliphatic heterocycles. The third-order valence-corrected chi connectivity index (χ3v) is 5.08. The summed E-state index contributed by atoms with van der Waals surface area (Å²) in [5, 5.41) is 17.7. The van der Waals surface area contributed by atoms with E-state index in [0.29, 0.717) is 10.9 Å². The van der Waals surface area contributed by atoms with Crippen LogP contribution in [0.1, 0.15) is 5.56 Å². The van der Waals surface area contributed by atoms with Crippen molar-refractivity contribution in [3.63, 3.8) is 0 Å². The van der Waals surface area contributed by atoms with E-state index in [0.717, 1.165) is 5.56 Å². The second kappa shape index (κ2) is 7.06. The van der Waals surface area contributed by atoms with Gasteiger partial charge in [0.25, 0.3) is 5.91 Å². The normalized spacial score (nSPS) is 12.0. The summed E-state index contributed by atoms with van der Waals surface area (Å²) >= 11 is 0. The molecule has 0 unspecified atom stereocenters. The Morgan fingerprint density at radius 1 is 1.15 bits per heavy atom. The Bertz CT molecular complexity index is 1090. The second-order valence-electron chi connectivity index (χ2n) is 5.60. The van der Waals surface area contributed by atoms with Crippen molar-refractivity contribution in [3.8, 4) is 5.88 Å². The SMILES string of the molecule is Cc1ccc(S(=O)(=O)NCC(=O)N=Nc2c(O)[nH]c3ccccc23)cc1. The number of hydrogen-bond donors (Lipinski definition) is 3. The Hall–Kier alpha value is -3.04. The highest BCUT2D eigenvalue weighted by atomic mass is 32.2. The molecule has 3 aromatic rings. The number of carbonyl (C=O) groups excluding carboxylic acids is 1. The van der Waals surface area contributed by atoms with Crippen molar-refractivity contribution in [2.75, 3.05) is 6.54 Å². The summed E-state index contributed by atoms with van der Waals surface area (Å²) in [6.07, 6.45) is 0. The van der Waals surface area contributed by atoms with E-state index < -0.39 is 22.5 Å². The maximum Gasteiger partial charge on any atom is 0.279 e. The molecule has 3 N–H and O–H groups in total. The Morgan fingerprint density at radius 2 is 1.85 bits per heavy atom. The Kier molecular flexibility index (Phi) is 4.83. The lowest BCUT2D eigenvalue weighted by Gasteiger charge is -2.04. The highest BCUT2D eigenvalue weighted by Gasteiger charge is 2.15. The van der Waals surface area contributed by atoms with E-state index in [1.54, 1.807) is 36.4 Å². The fourth-order valence-corrected chi connectivity index (χ4v) is 3.29. The Balaban J connectivity index is 1.69. The molecule has 0 radical (unpaired) electrons. The van der Waals surface area contributed by atoms with Crippen LogP contribution < -0.4 is 4.72 Å². The molecule has 9 heteroatoms. The first-order valence-electron chi connectivity index (χ1n) is 7.67. The Morgan fingerprint density at radius 3 is 2.58 bits per heavy atom. The molecule has 0 atom stereocenters. The summed E-state index contributed by atoms with van der Waals surface area (Å²) < 4.78 is 26.4. The first-order valence-corrected chi connectivity index (χ1v) is 9.16. The van der Waals surface area contributed by atoms with Gasteiger partial charge in [-0.3, -0.25) is 4.79 Å². The molecule has 0 spiro atoms. The molecule has 8 nitrogen and oxygen atoms in total. The third kappa shape index (κ3) is 3.79. The molecule has 0 aliphatic rings. The molecule has 2 aromatic carbocycles. The minimum atomic E-state index is -3.82. The third-order valence-electron chi connectivity index (χ3n) is 3.67. The summed E-state index contributed by atoms with van der Waals surface area (Å²) in [4.78, 5) is 14.6. The largest absolute Gasteiger partial charge is 0.493 e. The highest BCUT2D eigenvalue weighted by molar-refractivity contribution is 7.89. The average Bonchev–Trinajstić information content (AvgIpc) is 2.94. The monoisotopic (exact) mass is 372 g/mol. The molecular formula is C17H16N4O4S. The van der Waals surface area contributed by atoms with Crippen molar-refractivity contribution in [3.05, 3.63) is 54.1 Å². The van der Waals surface area contributed by atoms with Crippen LogP contribution in [-0.4, -0.2) is 31.0 Å². The van der Waals surface area contributed by atoms with Crippen LogP contribution >= 0.6 is 0 Å². The van der Waals surface area contributed by atoms with E-state index in [4.69, 9.17) is 0 Å². The number of sulfonamides is 1. The number of carbonyl (C=O) groups is 1. The lowest BCUT2D eigenvalue weighted by Crippen LogP contribution is -2.28. The molecule has 0 saturated heterocycles. The molecule has 1 aromatic heterocycles. The second-order valence-corrected chi connectivity index (χ2v) is 7.37. The Labute approximate surface area is 149 Å². The molecule has 0 bridgehead atoms. The van der Waals surface area contributed by atoms with E-state index >= 15 is 0 Å². The number of amides is 1. The van der Waals surface area contributed by atoms with Crippen LogP contribution in [0, 0.1) is 6.92 Å². The number of nitrogens with zero attached hydrogens (tertiary/aromatic N) is 2. The van der Waals surface area contributed by atoms with E-state index in [-0.39, 0.29) is 16.5 Å². The number of para-hydroxylation sites is 1. The van der Waals surface area contributed by atoms with Crippen LogP contribution in [0.5, 0.6) is 5.88 Å². The number of nitrogens with one attached hydrogen (secondary N) is 2. The van der Waals surface area contributed by atoms with E-state index in [9.17, 15) is 18.3 Å². The minimum Gasteiger partial charge on any atom is -0.493 e. The van der Waals surface area contributed by atoms with Gasteiger partial charge in [-0.15, -0.1) is 10.2 Å². The number of aryl methyl sites for hydroxylation is 1. The lowest BCUT2D eigenvalue weighted by molar-refractivity contribution is -0.117. The smallest absolute Gasteiger partial charge is 0.279 e. The molecule has 0 fully saturated rings. The summed E-state index contributed by atoms with van der Waals surface area (Å²) in [6, 6.07) is 13.2. The topological polar surface area (TPSA) is 124 Å². The van der Waals surface area contributed by atoms with Crippen molar-refractivity contribution < 1.29 is 18.3 Å². The summed E-state index contributed by atoms with van der Waals surface area (Å²) in [5.41, 5.74) is 1.69. The van der Waals surface area contributed by atoms with Gasteiger partial charge in [-0.2, -0.15) is 0 Å². The zero-order valence-corrected chi connectivity index (χ0v) is 14.6. The van der Waals surface area contributed by atoms with Crippen molar-refractivity contribution in [1.82, 2.24) is 9.71 Å². The number of azo groups is 1. The van der Waals surface area contributed by atoms with E-state index in [1.165, 1.54) is 12.1 Å². The highest BCUT2D eigenvalue weighted by Crippen LogP contribution is 2.35. The number of aromatic nitrogens is 1. The van der Waals surface area contributed by atoms with Crippen molar-refractivity contribution in [2.45, 2.75) is 11.8 Å². The predicted molar refractivity (Wildman–Crippen MR) is 95.9 cm³/mol. The van der Waals surface area contributed by atoms with Crippen LogP contribution in [0.25, 0.3) is 10.9 Å². The van der Waals surface area contributed by atoms with Gasteiger partial charge in [-0.1, -0.05) is 35.9 Å². The number of benzene rings is 2. The predicted octanol–water partition coefficient (Wildman–Crippen LogP) is 2.77. The van der Waals surface area contributed by atoms with Crippen molar-refractivity contribution in [1.29, 1.82) is 0 Å². The summed E-state index contributed by atoms with van der Waals surface area (Å²) in [6.45, 7) is 1.30. The zero-order chi connectivity index (χ0) is 18.7. The van der Waals surface area contributed by atoms with Gasteiger partial charge in [-0.05, 0) is 25.1 Å². The quantitative estimate of drug-likeness (QED) is 0.596. The van der Waals surface area contributed by atoms with Crippen molar-refractivity contribution >= 4 is 32.5 Å². The van der Waals surface area contributed by atoms with E-state index in [1.807, 2.05) is 6.92 Å². The molecule has 26 heavy (non-hydrogen) atoms. The molecular weight excluding hydrogens is 356 g/mol. The fraction of sp³-hybridized carbons (Fsp3) is 0.118. The lowest BCUT2D eigenvalue weighted by atomic mass is 10.2. The van der Waals surface area contributed by atoms with Gasteiger partial charge in [0, 0.05) is 5.39 Å². The molecule has 1 amide bonds. The van der Waals surface area contributed by atoms with Crippen molar-refractivity contribution in [2.24, 2.45) is 10.2 Å². The number of H-pyrrole nitrogens is 1. The minimum absolute atomic E-state index is 0.0575. The van der Waals surface area contributed by atoms with Crippen LogP contribution in [0.2, 0.25) is 0 Å². The molecule has 3 rings (SSSR count). The summed E-state index contributed by atoms with van der Waals surface area (Å²) in [5.74, 6) is -1.01. The average molecular weight is 372 g/mol. The van der Waals surface area contributed by atoms with Gasteiger partial charge in [0.1, 0.15) is 0 Å². The van der Waals surface area contributed by atoms with Gasteiger partial charge in [0.05, 0.1) is 17.0 Å². The van der Waals surface area contributed by atoms with Gasteiger partial charge in [0.15, 0.2) is 5.69 Å². The summed E-state index contributed by atoms with van der Waals surface area (Å²) in [7, 11) is -3.82. The maximum atomic E-state index is 12.1. The van der Waals surface area contributed by atoms with E-state index in [2.05, 4.69) is 19.9 Å². The maximum absolute atomic E-state index is 12.1. The fourth-order valence-electron chi connectivity index (χ4n) is 2.31. The zero-order valence-electron chi connectivity index (χ0n) is 13.8. The van der Waals surface area contributed by atoms with Gasteiger partial charge in [-0.25, -0.2) is 13.1 Å². The van der Waals surface area contributed by atoms with Gasteiger partial charge < -0.3 is 10.1 Å². The van der Waals surface area contributed by atoms with Gasteiger partial charge in [0.2, 0.25) is 15.9 Å².